The molecule has 3 nitrogen and oxygen atoms in total. The van der Waals surface area contributed by atoms with Crippen LogP contribution in [0.3, 0.4) is 0 Å². The summed E-state index contributed by atoms with van der Waals surface area (Å²) in [5, 5.41) is 10.0. The van der Waals surface area contributed by atoms with Crippen LogP contribution in [0.15, 0.2) is 10.3 Å². The summed E-state index contributed by atoms with van der Waals surface area (Å²) in [7, 11) is 1.93. The zero-order valence-electron chi connectivity index (χ0n) is 8.42. The SMILES string of the molecule is CC(C)N(C)N=NC(C)(C)C. The van der Waals surface area contributed by atoms with Crippen molar-refractivity contribution in [2.75, 3.05) is 7.05 Å². The molecule has 0 atom stereocenters. The highest BCUT2D eigenvalue weighted by atomic mass is 15.5. The molecule has 0 rings (SSSR count). The molecule has 11 heavy (non-hydrogen) atoms. The zero-order valence-corrected chi connectivity index (χ0v) is 8.42. The van der Waals surface area contributed by atoms with Gasteiger partial charge in [0.15, 0.2) is 0 Å². The fourth-order valence-corrected chi connectivity index (χ4v) is 0.308. The molecule has 0 aromatic rings. The average molecular weight is 157 g/mol. The molecule has 0 N–H and O–H groups in total. The molecule has 0 aliphatic rings. The lowest BCUT2D eigenvalue weighted by atomic mass is 10.1. The van der Waals surface area contributed by atoms with Crippen molar-refractivity contribution in [3.05, 3.63) is 0 Å². The molecule has 0 amide bonds. The van der Waals surface area contributed by atoms with Crippen LogP contribution in [-0.2, 0) is 0 Å². The predicted molar refractivity (Wildman–Crippen MR) is 47.5 cm³/mol. The third-order valence-corrected chi connectivity index (χ3v) is 1.23. The van der Waals surface area contributed by atoms with Crippen LogP contribution in [-0.4, -0.2) is 23.6 Å². The Morgan fingerprint density at radius 3 is 1.91 bits per heavy atom. The van der Waals surface area contributed by atoms with Crippen LogP contribution in [0.1, 0.15) is 34.6 Å². The van der Waals surface area contributed by atoms with Crippen molar-refractivity contribution in [3.63, 3.8) is 0 Å². The minimum atomic E-state index is -0.0663. The largest absolute Gasteiger partial charge is 0.279 e. The maximum Gasteiger partial charge on any atom is 0.0753 e. The van der Waals surface area contributed by atoms with Gasteiger partial charge in [-0.25, -0.2) is 0 Å². The Morgan fingerprint density at radius 1 is 1.18 bits per heavy atom. The van der Waals surface area contributed by atoms with E-state index in [-0.39, 0.29) is 5.54 Å². The van der Waals surface area contributed by atoms with Crippen molar-refractivity contribution < 1.29 is 0 Å². The lowest BCUT2D eigenvalue weighted by molar-refractivity contribution is 0.253. The summed E-state index contributed by atoms with van der Waals surface area (Å²) in [6.45, 7) is 10.3. The van der Waals surface area contributed by atoms with E-state index >= 15 is 0 Å². The molecular formula is C8H19N3. The Balaban J connectivity index is 3.93. The van der Waals surface area contributed by atoms with Gasteiger partial charge < -0.3 is 0 Å². The van der Waals surface area contributed by atoms with E-state index in [4.69, 9.17) is 0 Å². The number of nitrogens with zero attached hydrogens (tertiary/aromatic N) is 3. The molecule has 0 heterocycles. The zero-order chi connectivity index (χ0) is 9.07. The Kier molecular flexibility index (Phi) is 3.49. The Morgan fingerprint density at radius 2 is 1.64 bits per heavy atom. The Hall–Kier alpha value is -0.600. The lowest BCUT2D eigenvalue weighted by Gasteiger charge is -2.18. The summed E-state index contributed by atoms with van der Waals surface area (Å²) < 4.78 is 0. The summed E-state index contributed by atoms with van der Waals surface area (Å²) in [5.41, 5.74) is -0.0663. The molecule has 0 saturated heterocycles. The van der Waals surface area contributed by atoms with E-state index in [0.29, 0.717) is 6.04 Å². The predicted octanol–water partition coefficient (Wildman–Crippen LogP) is 2.49. The smallest absolute Gasteiger partial charge is 0.0753 e. The second-order valence-electron chi connectivity index (χ2n) is 4.03. The molecule has 0 radical (unpaired) electrons. The molecule has 0 aromatic carbocycles. The van der Waals surface area contributed by atoms with Crippen LogP contribution in [0, 0.1) is 0 Å². The molecule has 0 aromatic heterocycles. The van der Waals surface area contributed by atoms with Crippen molar-refractivity contribution >= 4 is 0 Å². The fourth-order valence-electron chi connectivity index (χ4n) is 0.308. The van der Waals surface area contributed by atoms with E-state index < -0.39 is 0 Å². The first kappa shape index (κ1) is 10.4. The normalized spacial score (nSPS) is 13.0. The molecule has 3 heteroatoms. The Labute approximate surface area is 69.5 Å². The van der Waals surface area contributed by atoms with E-state index in [1.54, 1.807) is 0 Å². The monoisotopic (exact) mass is 157 g/mol. The molecule has 0 bridgehead atoms. The van der Waals surface area contributed by atoms with E-state index in [0.717, 1.165) is 0 Å². The van der Waals surface area contributed by atoms with Gasteiger partial charge in [-0.15, -0.1) is 0 Å². The van der Waals surface area contributed by atoms with Gasteiger partial charge in [-0.1, -0.05) is 5.22 Å². The first-order chi connectivity index (χ1) is 4.83. The van der Waals surface area contributed by atoms with Gasteiger partial charge in [0.1, 0.15) is 0 Å². The van der Waals surface area contributed by atoms with Gasteiger partial charge >= 0.3 is 0 Å². The molecule has 0 aliphatic heterocycles. The van der Waals surface area contributed by atoms with Crippen LogP contribution in [0.25, 0.3) is 0 Å². The first-order valence-electron chi connectivity index (χ1n) is 3.98. The van der Waals surface area contributed by atoms with Crippen molar-refractivity contribution in [1.29, 1.82) is 0 Å². The quantitative estimate of drug-likeness (QED) is 0.447. The highest BCUT2D eigenvalue weighted by Crippen LogP contribution is 2.08. The van der Waals surface area contributed by atoms with Gasteiger partial charge in [0, 0.05) is 13.1 Å². The summed E-state index contributed by atoms with van der Waals surface area (Å²) in [5.74, 6) is 0. The molecule has 0 unspecified atom stereocenters. The van der Waals surface area contributed by atoms with Gasteiger partial charge in [0.2, 0.25) is 0 Å². The molecule has 0 fully saturated rings. The lowest BCUT2D eigenvalue weighted by Crippen LogP contribution is -2.21. The van der Waals surface area contributed by atoms with Crippen LogP contribution in [0.2, 0.25) is 0 Å². The summed E-state index contributed by atoms with van der Waals surface area (Å²) >= 11 is 0. The topological polar surface area (TPSA) is 28.0 Å². The van der Waals surface area contributed by atoms with Gasteiger partial charge in [-0.05, 0) is 34.6 Å². The Bertz CT molecular complexity index is 133. The van der Waals surface area contributed by atoms with Gasteiger partial charge in [-0.2, -0.15) is 5.11 Å². The average Bonchev–Trinajstić information content (AvgIpc) is 1.80. The second kappa shape index (κ2) is 3.69. The summed E-state index contributed by atoms with van der Waals surface area (Å²) in [6.07, 6.45) is 0. The summed E-state index contributed by atoms with van der Waals surface area (Å²) in [4.78, 5) is 0. The van der Waals surface area contributed by atoms with E-state index in [1.165, 1.54) is 0 Å². The van der Waals surface area contributed by atoms with Crippen molar-refractivity contribution in [1.82, 2.24) is 5.01 Å². The van der Waals surface area contributed by atoms with Crippen molar-refractivity contribution in [3.8, 4) is 0 Å². The minimum absolute atomic E-state index is 0.0663. The van der Waals surface area contributed by atoms with Crippen LogP contribution < -0.4 is 0 Å². The minimum Gasteiger partial charge on any atom is -0.279 e. The maximum atomic E-state index is 4.13. The van der Waals surface area contributed by atoms with Crippen molar-refractivity contribution in [2.45, 2.75) is 46.2 Å². The number of rotatable bonds is 2. The van der Waals surface area contributed by atoms with Crippen LogP contribution >= 0.6 is 0 Å². The molecular weight excluding hydrogens is 138 g/mol. The maximum absolute atomic E-state index is 4.13. The van der Waals surface area contributed by atoms with E-state index in [1.807, 2.05) is 32.8 Å². The summed E-state index contributed by atoms with van der Waals surface area (Å²) in [6, 6.07) is 0.418. The second-order valence-corrected chi connectivity index (χ2v) is 4.03. The van der Waals surface area contributed by atoms with Crippen LogP contribution in [0.4, 0.5) is 0 Å². The van der Waals surface area contributed by atoms with Crippen LogP contribution in [0.5, 0.6) is 0 Å². The van der Waals surface area contributed by atoms with E-state index in [2.05, 4.69) is 24.2 Å². The van der Waals surface area contributed by atoms with Gasteiger partial charge in [-0.3, -0.25) is 5.01 Å². The fraction of sp³-hybridized carbons (Fsp3) is 1.00. The van der Waals surface area contributed by atoms with E-state index in [9.17, 15) is 0 Å². The van der Waals surface area contributed by atoms with Gasteiger partial charge in [0.25, 0.3) is 0 Å². The van der Waals surface area contributed by atoms with Crippen molar-refractivity contribution in [2.24, 2.45) is 10.3 Å². The number of hydrogen-bond donors (Lipinski definition) is 0. The third kappa shape index (κ3) is 5.83. The third-order valence-electron chi connectivity index (χ3n) is 1.23. The molecule has 66 valence electrons. The molecule has 0 aliphatic carbocycles. The highest BCUT2D eigenvalue weighted by molar-refractivity contribution is 4.66. The highest BCUT2D eigenvalue weighted by Gasteiger charge is 2.07. The standard InChI is InChI=1S/C8H19N3/c1-7(2)11(6)10-9-8(3,4)5/h7H,1-6H3. The number of hydrogen-bond acceptors (Lipinski definition) is 2. The molecule has 0 saturated carbocycles. The van der Waals surface area contributed by atoms with Gasteiger partial charge in [0.05, 0.1) is 5.54 Å². The molecule has 0 spiro atoms. The first-order valence-corrected chi connectivity index (χ1v) is 3.98.